The molecular formula is C16H13BrClNO2S. The van der Waals surface area contributed by atoms with E-state index in [1.165, 1.54) is 0 Å². The van der Waals surface area contributed by atoms with Crippen LogP contribution in [0.4, 0.5) is 5.69 Å². The fourth-order valence-electron chi connectivity index (χ4n) is 2.38. The van der Waals surface area contributed by atoms with Gasteiger partial charge < -0.3 is 4.74 Å². The molecule has 22 heavy (non-hydrogen) atoms. The molecule has 6 heteroatoms. The molecule has 2 aromatic carbocycles. The molecule has 3 rings (SSSR count). The van der Waals surface area contributed by atoms with Crippen LogP contribution < -0.4 is 9.64 Å². The maximum atomic E-state index is 12.3. The highest BCUT2D eigenvalue weighted by atomic mass is 79.9. The number of anilines is 1. The third-order valence-electron chi connectivity index (χ3n) is 3.44. The van der Waals surface area contributed by atoms with Crippen LogP contribution in [-0.2, 0) is 4.79 Å². The number of carbonyl (C=O) groups is 1. The molecule has 1 amide bonds. The van der Waals surface area contributed by atoms with E-state index in [0.29, 0.717) is 16.5 Å². The Balaban J connectivity index is 1.97. The van der Waals surface area contributed by atoms with E-state index in [1.54, 1.807) is 35.9 Å². The molecule has 0 saturated carbocycles. The molecule has 1 saturated heterocycles. The fourth-order valence-corrected chi connectivity index (χ4v) is 4.08. The van der Waals surface area contributed by atoms with Crippen LogP contribution in [0.25, 0.3) is 0 Å². The van der Waals surface area contributed by atoms with Crippen LogP contribution in [0.15, 0.2) is 46.9 Å². The zero-order chi connectivity index (χ0) is 15.7. The Labute approximate surface area is 146 Å². The largest absolute Gasteiger partial charge is 0.495 e. The molecule has 0 N–H and O–H groups in total. The number of amides is 1. The van der Waals surface area contributed by atoms with Crippen molar-refractivity contribution in [1.29, 1.82) is 0 Å². The number of nitrogens with zero attached hydrogens (tertiary/aromatic N) is 1. The Bertz CT molecular complexity index is 708. The minimum absolute atomic E-state index is 0.0370. The number of carbonyl (C=O) groups excluding carboxylic acids is 1. The number of ether oxygens (including phenoxy) is 1. The second-order valence-electron chi connectivity index (χ2n) is 4.80. The highest BCUT2D eigenvalue weighted by molar-refractivity contribution is 9.10. The van der Waals surface area contributed by atoms with Crippen LogP contribution in [0.3, 0.4) is 0 Å². The number of hydrogen-bond acceptors (Lipinski definition) is 3. The average Bonchev–Trinajstić information content (AvgIpc) is 2.89. The molecule has 114 valence electrons. The minimum Gasteiger partial charge on any atom is -0.495 e. The SMILES string of the molecule is COc1ccc(N2C(=O)CS[C@H]2c2ccc(Br)cc2)cc1Cl. The van der Waals surface area contributed by atoms with E-state index in [-0.39, 0.29) is 11.3 Å². The van der Waals surface area contributed by atoms with Gasteiger partial charge in [0.1, 0.15) is 11.1 Å². The Morgan fingerprint density at radius 2 is 2.00 bits per heavy atom. The number of rotatable bonds is 3. The number of benzene rings is 2. The van der Waals surface area contributed by atoms with Crippen molar-refractivity contribution < 1.29 is 9.53 Å². The van der Waals surface area contributed by atoms with Gasteiger partial charge in [-0.05, 0) is 35.9 Å². The van der Waals surface area contributed by atoms with Crippen LogP contribution in [0.5, 0.6) is 5.75 Å². The molecule has 2 aromatic rings. The molecule has 0 spiro atoms. The van der Waals surface area contributed by atoms with E-state index in [1.807, 2.05) is 30.3 Å². The number of methoxy groups -OCH3 is 1. The number of hydrogen-bond donors (Lipinski definition) is 0. The van der Waals surface area contributed by atoms with E-state index in [0.717, 1.165) is 15.7 Å². The maximum Gasteiger partial charge on any atom is 0.238 e. The predicted molar refractivity (Wildman–Crippen MR) is 94.8 cm³/mol. The first-order valence-electron chi connectivity index (χ1n) is 6.63. The molecule has 0 aliphatic carbocycles. The lowest BCUT2D eigenvalue weighted by atomic mass is 10.2. The fraction of sp³-hybridized carbons (Fsp3) is 0.188. The van der Waals surface area contributed by atoms with E-state index in [2.05, 4.69) is 15.9 Å². The summed E-state index contributed by atoms with van der Waals surface area (Å²) in [5, 5.41) is 0.462. The Morgan fingerprint density at radius 1 is 1.27 bits per heavy atom. The summed E-state index contributed by atoms with van der Waals surface area (Å²) in [6, 6.07) is 13.4. The third-order valence-corrected chi connectivity index (χ3v) is 5.47. The van der Waals surface area contributed by atoms with Crippen molar-refractivity contribution in [3.63, 3.8) is 0 Å². The standard InChI is InChI=1S/C16H13BrClNO2S/c1-21-14-7-6-12(8-13(14)18)19-15(20)9-22-16(19)10-2-4-11(17)5-3-10/h2-8,16H,9H2,1H3/t16-/m0/s1. The molecule has 0 radical (unpaired) electrons. The van der Waals surface area contributed by atoms with Crippen molar-refractivity contribution in [1.82, 2.24) is 0 Å². The first kappa shape index (κ1) is 15.7. The summed E-state index contributed by atoms with van der Waals surface area (Å²) in [7, 11) is 1.57. The average molecular weight is 399 g/mol. The zero-order valence-corrected chi connectivity index (χ0v) is 14.9. The summed E-state index contributed by atoms with van der Waals surface area (Å²) in [6.07, 6.45) is 0. The topological polar surface area (TPSA) is 29.5 Å². The third kappa shape index (κ3) is 2.98. The molecule has 1 heterocycles. The van der Waals surface area contributed by atoms with Gasteiger partial charge in [0.2, 0.25) is 5.91 Å². The van der Waals surface area contributed by atoms with Crippen molar-refractivity contribution in [2.45, 2.75) is 5.37 Å². The number of thioether (sulfide) groups is 1. The number of halogens is 2. The zero-order valence-electron chi connectivity index (χ0n) is 11.8. The van der Waals surface area contributed by atoms with E-state index >= 15 is 0 Å². The van der Waals surface area contributed by atoms with Gasteiger partial charge >= 0.3 is 0 Å². The van der Waals surface area contributed by atoms with Gasteiger partial charge in [0, 0.05) is 10.2 Å². The normalized spacial score (nSPS) is 17.9. The van der Waals surface area contributed by atoms with Gasteiger partial charge in [0.05, 0.1) is 17.9 Å². The first-order chi connectivity index (χ1) is 10.6. The van der Waals surface area contributed by atoms with Crippen molar-refractivity contribution in [2.75, 3.05) is 17.8 Å². The van der Waals surface area contributed by atoms with Crippen molar-refractivity contribution >= 4 is 50.9 Å². The summed E-state index contributed by atoms with van der Waals surface area (Å²) in [6.45, 7) is 0. The molecule has 3 nitrogen and oxygen atoms in total. The lowest BCUT2D eigenvalue weighted by molar-refractivity contribution is -0.115. The molecule has 0 unspecified atom stereocenters. The van der Waals surface area contributed by atoms with E-state index in [9.17, 15) is 4.79 Å². The van der Waals surface area contributed by atoms with Crippen LogP contribution >= 0.6 is 39.3 Å². The van der Waals surface area contributed by atoms with Crippen molar-refractivity contribution in [2.24, 2.45) is 0 Å². The van der Waals surface area contributed by atoms with Gasteiger partial charge in [0.15, 0.2) is 0 Å². The monoisotopic (exact) mass is 397 g/mol. The van der Waals surface area contributed by atoms with Crippen molar-refractivity contribution in [3.8, 4) is 5.75 Å². The molecule has 1 atom stereocenters. The van der Waals surface area contributed by atoms with Crippen molar-refractivity contribution in [3.05, 3.63) is 57.5 Å². The molecule has 0 bridgehead atoms. The smallest absolute Gasteiger partial charge is 0.238 e. The molecule has 1 fully saturated rings. The first-order valence-corrected chi connectivity index (χ1v) is 8.85. The van der Waals surface area contributed by atoms with E-state index < -0.39 is 0 Å². The van der Waals surface area contributed by atoms with Crippen LogP contribution in [-0.4, -0.2) is 18.8 Å². The van der Waals surface area contributed by atoms with Gasteiger partial charge in [-0.1, -0.05) is 39.7 Å². The summed E-state index contributed by atoms with van der Waals surface area (Å²) in [5.41, 5.74) is 1.87. The van der Waals surface area contributed by atoms with Gasteiger partial charge in [-0.2, -0.15) is 0 Å². The summed E-state index contributed by atoms with van der Waals surface area (Å²) < 4.78 is 6.19. The second kappa shape index (κ2) is 6.52. The highest BCUT2D eigenvalue weighted by Crippen LogP contribution is 2.43. The molecular weight excluding hydrogens is 386 g/mol. The van der Waals surface area contributed by atoms with Crippen LogP contribution in [0, 0.1) is 0 Å². The Kier molecular flexibility index (Phi) is 4.66. The summed E-state index contributed by atoms with van der Waals surface area (Å²) >= 11 is 11.2. The lowest BCUT2D eigenvalue weighted by Gasteiger charge is -2.25. The van der Waals surface area contributed by atoms with Gasteiger partial charge in [-0.15, -0.1) is 11.8 Å². The maximum absolute atomic E-state index is 12.3. The Morgan fingerprint density at radius 3 is 2.64 bits per heavy atom. The predicted octanol–water partition coefficient (Wildman–Crippen LogP) is 4.89. The molecule has 1 aliphatic heterocycles. The van der Waals surface area contributed by atoms with E-state index in [4.69, 9.17) is 16.3 Å². The summed E-state index contributed by atoms with van der Waals surface area (Å²) in [5.74, 6) is 1.15. The van der Waals surface area contributed by atoms with Crippen LogP contribution in [0.2, 0.25) is 5.02 Å². The molecule has 0 aromatic heterocycles. The minimum atomic E-state index is -0.0370. The quantitative estimate of drug-likeness (QED) is 0.737. The van der Waals surface area contributed by atoms with Gasteiger partial charge in [0.25, 0.3) is 0 Å². The molecule has 1 aliphatic rings. The van der Waals surface area contributed by atoms with Gasteiger partial charge in [-0.3, -0.25) is 9.69 Å². The second-order valence-corrected chi connectivity index (χ2v) is 7.19. The summed E-state index contributed by atoms with van der Waals surface area (Å²) in [4.78, 5) is 14.1. The Hall–Kier alpha value is -1.17. The highest BCUT2D eigenvalue weighted by Gasteiger charge is 2.34. The van der Waals surface area contributed by atoms with Crippen LogP contribution in [0.1, 0.15) is 10.9 Å². The van der Waals surface area contributed by atoms with Gasteiger partial charge in [-0.25, -0.2) is 0 Å². The lowest BCUT2D eigenvalue weighted by Crippen LogP contribution is -2.27.